The van der Waals surface area contributed by atoms with E-state index in [1.807, 2.05) is 37.3 Å². The zero-order valence-corrected chi connectivity index (χ0v) is 15.8. The Morgan fingerprint density at radius 1 is 0.963 bits per heavy atom. The van der Waals surface area contributed by atoms with E-state index in [0.29, 0.717) is 0 Å². The molecule has 0 radical (unpaired) electrons. The molecule has 2 N–H and O–H groups in total. The average molecular weight is 389 g/mol. The lowest BCUT2D eigenvalue weighted by Gasteiger charge is -2.16. The molecule has 2 aromatic rings. The number of hydrogen-bond acceptors (Lipinski definition) is 4. The van der Waals surface area contributed by atoms with E-state index in [4.69, 9.17) is 16.3 Å². The van der Waals surface area contributed by atoms with Gasteiger partial charge in [-0.15, -0.1) is 0 Å². The predicted molar refractivity (Wildman–Crippen MR) is 102 cm³/mol. The van der Waals surface area contributed by atoms with Crippen molar-refractivity contribution in [3.63, 3.8) is 0 Å². The minimum atomic E-state index is -0.923. The van der Waals surface area contributed by atoms with E-state index in [1.54, 1.807) is 24.3 Å². The third kappa shape index (κ3) is 6.11. The molecular weight excluding hydrogens is 368 g/mol. The topological polar surface area (TPSA) is 84.5 Å². The van der Waals surface area contributed by atoms with Gasteiger partial charge in [-0.3, -0.25) is 9.59 Å². The first kappa shape index (κ1) is 20.5. The van der Waals surface area contributed by atoms with Crippen LogP contribution in [0.5, 0.6) is 0 Å². The average Bonchev–Trinajstić information content (AvgIpc) is 2.66. The lowest BCUT2D eigenvalue weighted by Crippen LogP contribution is -2.41. The zero-order chi connectivity index (χ0) is 19.8. The van der Waals surface area contributed by atoms with Gasteiger partial charge in [-0.05, 0) is 31.5 Å². The monoisotopic (exact) mass is 388 g/mol. The molecule has 0 fully saturated rings. The Kier molecular flexibility index (Phi) is 7.37. The number of esters is 1. The lowest BCUT2D eigenvalue weighted by molar-refractivity contribution is -0.150. The SMILES string of the molecule is C[C@H](NC(=O)c1ccccc1Cl)C(=O)OCC(=O)N[C@H](C)c1ccccc1. The maximum atomic E-state index is 12.1. The maximum Gasteiger partial charge on any atom is 0.328 e. The van der Waals surface area contributed by atoms with Crippen molar-refractivity contribution >= 4 is 29.4 Å². The van der Waals surface area contributed by atoms with Gasteiger partial charge in [0.05, 0.1) is 16.6 Å². The van der Waals surface area contributed by atoms with E-state index in [-0.39, 0.29) is 16.6 Å². The number of nitrogens with one attached hydrogen (secondary N) is 2. The molecule has 27 heavy (non-hydrogen) atoms. The van der Waals surface area contributed by atoms with Crippen molar-refractivity contribution in [1.82, 2.24) is 10.6 Å². The first-order valence-corrected chi connectivity index (χ1v) is 8.82. The Balaban J connectivity index is 1.80. The molecule has 142 valence electrons. The normalized spacial score (nSPS) is 12.6. The molecule has 6 nitrogen and oxygen atoms in total. The minimum Gasteiger partial charge on any atom is -0.454 e. The quantitative estimate of drug-likeness (QED) is 0.714. The van der Waals surface area contributed by atoms with Crippen LogP contribution in [-0.4, -0.2) is 30.4 Å². The van der Waals surface area contributed by atoms with Crippen molar-refractivity contribution in [2.45, 2.75) is 25.9 Å². The van der Waals surface area contributed by atoms with Crippen molar-refractivity contribution in [1.29, 1.82) is 0 Å². The zero-order valence-electron chi connectivity index (χ0n) is 15.1. The highest BCUT2D eigenvalue weighted by Crippen LogP contribution is 2.14. The predicted octanol–water partition coefficient (Wildman–Crippen LogP) is 2.88. The van der Waals surface area contributed by atoms with Crippen LogP contribution in [0.4, 0.5) is 0 Å². The third-order valence-electron chi connectivity index (χ3n) is 3.84. The van der Waals surface area contributed by atoms with Crippen LogP contribution in [0.3, 0.4) is 0 Å². The third-order valence-corrected chi connectivity index (χ3v) is 4.17. The molecule has 2 atom stereocenters. The summed E-state index contributed by atoms with van der Waals surface area (Å²) in [5, 5.41) is 5.52. The molecule has 2 aromatic carbocycles. The summed E-state index contributed by atoms with van der Waals surface area (Å²) < 4.78 is 4.97. The highest BCUT2D eigenvalue weighted by atomic mass is 35.5. The molecule has 0 saturated heterocycles. The number of halogens is 1. The van der Waals surface area contributed by atoms with E-state index < -0.39 is 30.4 Å². The van der Waals surface area contributed by atoms with Gasteiger partial charge in [0.1, 0.15) is 6.04 Å². The molecule has 0 aliphatic rings. The van der Waals surface area contributed by atoms with Crippen LogP contribution in [0.25, 0.3) is 0 Å². The van der Waals surface area contributed by atoms with Crippen LogP contribution in [0, 0.1) is 0 Å². The molecule has 0 aromatic heterocycles. The van der Waals surface area contributed by atoms with Gasteiger partial charge in [0, 0.05) is 0 Å². The molecule has 0 aliphatic heterocycles. The fourth-order valence-corrected chi connectivity index (χ4v) is 2.57. The Bertz CT molecular complexity index is 811. The van der Waals surface area contributed by atoms with Gasteiger partial charge in [0.15, 0.2) is 6.61 Å². The summed E-state index contributed by atoms with van der Waals surface area (Å²) in [5.74, 6) is -1.63. The molecular formula is C20H21ClN2O4. The fraction of sp³-hybridized carbons (Fsp3) is 0.250. The largest absolute Gasteiger partial charge is 0.454 e. The van der Waals surface area contributed by atoms with Crippen molar-refractivity contribution in [2.75, 3.05) is 6.61 Å². The van der Waals surface area contributed by atoms with Crippen LogP contribution >= 0.6 is 11.6 Å². The van der Waals surface area contributed by atoms with Gasteiger partial charge in [-0.1, -0.05) is 54.1 Å². The van der Waals surface area contributed by atoms with Crippen molar-refractivity contribution in [3.8, 4) is 0 Å². The van der Waals surface area contributed by atoms with Crippen LogP contribution in [0.1, 0.15) is 35.8 Å². The van der Waals surface area contributed by atoms with Crippen molar-refractivity contribution in [2.24, 2.45) is 0 Å². The number of amides is 2. The second-order valence-corrected chi connectivity index (χ2v) is 6.39. The summed E-state index contributed by atoms with van der Waals surface area (Å²) in [6, 6.07) is 14.8. The van der Waals surface area contributed by atoms with E-state index in [2.05, 4.69) is 10.6 Å². The van der Waals surface area contributed by atoms with Gasteiger partial charge < -0.3 is 15.4 Å². The highest BCUT2D eigenvalue weighted by Gasteiger charge is 2.20. The number of hydrogen-bond donors (Lipinski definition) is 2. The molecule has 7 heteroatoms. The van der Waals surface area contributed by atoms with Gasteiger partial charge in [0.25, 0.3) is 11.8 Å². The number of benzene rings is 2. The number of rotatable bonds is 7. The van der Waals surface area contributed by atoms with Crippen LogP contribution in [-0.2, 0) is 14.3 Å². The summed E-state index contributed by atoms with van der Waals surface area (Å²) in [6.07, 6.45) is 0. The molecule has 0 heterocycles. The maximum absolute atomic E-state index is 12.1. The van der Waals surface area contributed by atoms with Crippen LogP contribution < -0.4 is 10.6 Å². The van der Waals surface area contributed by atoms with Gasteiger partial charge in [-0.25, -0.2) is 4.79 Å². The van der Waals surface area contributed by atoms with E-state index in [9.17, 15) is 14.4 Å². The van der Waals surface area contributed by atoms with Crippen LogP contribution in [0.15, 0.2) is 54.6 Å². The molecule has 0 spiro atoms. The Morgan fingerprint density at radius 3 is 2.26 bits per heavy atom. The fourth-order valence-electron chi connectivity index (χ4n) is 2.35. The molecule has 2 rings (SSSR count). The van der Waals surface area contributed by atoms with Crippen molar-refractivity contribution in [3.05, 3.63) is 70.7 Å². The number of ether oxygens (including phenoxy) is 1. The number of carbonyl (C=O) groups is 3. The van der Waals surface area contributed by atoms with Crippen molar-refractivity contribution < 1.29 is 19.1 Å². The molecule has 0 bridgehead atoms. The summed E-state index contributed by atoms with van der Waals surface area (Å²) in [5.41, 5.74) is 1.20. The molecule has 2 amide bonds. The Morgan fingerprint density at radius 2 is 1.59 bits per heavy atom. The van der Waals surface area contributed by atoms with E-state index >= 15 is 0 Å². The lowest BCUT2D eigenvalue weighted by atomic mass is 10.1. The second-order valence-electron chi connectivity index (χ2n) is 5.98. The second kappa shape index (κ2) is 9.73. The standard InChI is InChI=1S/C20H21ClN2O4/c1-13(15-8-4-3-5-9-15)22-18(24)12-27-20(26)14(2)23-19(25)16-10-6-7-11-17(16)21/h3-11,13-14H,12H2,1-2H3,(H,22,24)(H,23,25)/t13-,14+/m1/s1. The van der Waals surface area contributed by atoms with E-state index in [1.165, 1.54) is 6.92 Å². The summed E-state index contributed by atoms with van der Waals surface area (Å²) in [7, 11) is 0. The first-order chi connectivity index (χ1) is 12.9. The Labute approximate surface area is 162 Å². The molecule has 0 unspecified atom stereocenters. The minimum absolute atomic E-state index is 0.213. The van der Waals surface area contributed by atoms with Gasteiger partial charge >= 0.3 is 5.97 Å². The number of carbonyl (C=O) groups excluding carboxylic acids is 3. The van der Waals surface area contributed by atoms with E-state index in [0.717, 1.165) is 5.56 Å². The Hall–Kier alpha value is -2.86. The molecule has 0 saturated carbocycles. The summed E-state index contributed by atoms with van der Waals surface area (Å²) >= 11 is 5.95. The molecule has 0 aliphatic carbocycles. The summed E-state index contributed by atoms with van der Waals surface area (Å²) in [6.45, 7) is 2.88. The van der Waals surface area contributed by atoms with Gasteiger partial charge in [0.2, 0.25) is 0 Å². The van der Waals surface area contributed by atoms with Crippen LogP contribution in [0.2, 0.25) is 5.02 Å². The smallest absolute Gasteiger partial charge is 0.328 e. The summed E-state index contributed by atoms with van der Waals surface area (Å²) in [4.78, 5) is 36.1. The highest BCUT2D eigenvalue weighted by molar-refractivity contribution is 6.33. The first-order valence-electron chi connectivity index (χ1n) is 8.45. The van der Waals surface area contributed by atoms with Gasteiger partial charge in [-0.2, -0.15) is 0 Å².